The molecule has 32 heavy (non-hydrogen) atoms. The van der Waals surface area contributed by atoms with Gasteiger partial charge in [0.25, 0.3) is 11.8 Å². The SMILES string of the molecule is COc1cc(N2C(=O)c3cnc4n[nH]c(-c5ccncc5)c4c3C2=O)cc(OC)c1OC. The largest absolute Gasteiger partial charge is 0.493 e. The molecule has 0 saturated carbocycles. The van der Waals surface area contributed by atoms with Crippen LogP contribution in [0.3, 0.4) is 0 Å². The van der Waals surface area contributed by atoms with Gasteiger partial charge in [0.05, 0.1) is 49.2 Å². The highest BCUT2D eigenvalue weighted by atomic mass is 16.5. The highest BCUT2D eigenvalue weighted by Crippen LogP contribution is 2.43. The summed E-state index contributed by atoms with van der Waals surface area (Å²) in [6.45, 7) is 0. The lowest BCUT2D eigenvalue weighted by molar-refractivity contribution is 0.0926. The molecular weight excluding hydrogens is 414 g/mol. The second kappa shape index (κ2) is 7.34. The molecule has 0 saturated heterocycles. The van der Waals surface area contributed by atoms with Gasteiger partial charge in [0.1, 0.15) is 0 Å². The summed E-state index contributed by atoms with van der Waals surface area (Å²) < 4.78 is 16.1. The van der Waals surface area contributed by atoms with Crippen LogP contribution in [0.15, 0.2) is 42.9 Å². The molecule has 0 atom stereocenters. The molecular formula is C22H17N5O5. The third-order valence-corrected chi connectivity index (χ3v) is 5.31. The Morgan fingerprint density at radius 2 is 1.62 bits per heavy atom. The van der Waals surface area contributed by atoms with E-state index in [2.05, 4.69) is 20.2 Å². The molecule has 5 rings (SSSR count). The summed E-state index contributed by atoms with van der Waals surface area (Å²) in [6, 6.07) is 6.66. The van der Waals surface area contributed by atoms with Gasteiger partial charge in [-0.1, -0.05) is 0 Å². The molecule has 0 fully saturated rings. The van der Waals surface area contributed by atoms with Gasteiger partial charge in [0.15, 0.2) is 17.1 Å². The number of H-pyrrole nitrogens is 1. The predicted molar refractivity (Wildman–Crippen MR) is 114 cm³/mol. The van der Waals surface area contributed by atoms with E-state index in [4.69, 9.17) is 14.2 Å². The summed E-state index contributed by atoms with van der Waals surface area (Å²) in [7, 11) is 4.40. The van der Waals surface area contributed by atoms with Crippen molar-refractivity contribution >= 4 is 28.5 Å². The van der Waals surface area contributed by atoms with Gasteiger partial charge < -0.3 is 14.2 Å². The van der Waals surface area contributed by atoms with Crippen molar-refractivity contribution in [1.29, 1.82) is 0 Å². The average Bonchev–Trinajstić information content (AvgIpc) is 3.37. The Morgan fingerprint density at radius 3 is 2.25 bits per heavy atom. The number of hydrogen-bond acceptors (Lipinski definition) is 8. The first-order valence-electron chi connectivity index (χ1n) is 9.55. The third-order valence-electron chi connectivity index (χ3n) is 5.31. The Morgan fingerprint density at radius 1 is 0.938 bits per heavy atom. The molecule has 10 heteroatoms. The predicted octanol–water partition coefficient (Wildman–Crippen LogP) is 2.85. The fourth-order valence-corrected chi connectivity index (χ4v) is 3.85. The number of nitrogens with one attached hydrogen (secondary N) is 1. The molecule has 0 bridgehead atoms. The van der Waals surface area contributed by atoms with Gasteiger partial charge in [-0.25, -0.2) is 9.88 Å². The number of amides is 2. The highest BCUT2D eigenvalue weighted by molar-refractivity contribution is 6.38. The molecule has 1 aliphatic rings. The van der Waals surface area contributed by atoms with Crippen LogP contribution < -0.4 is 19.1 Å². The van der Waals surface area contributed by atoms with E-state index in [9.17, 15) is 9.59 Å². The van der Waals surface area contributed by atoms with E-state index in [0.717, 1.165) is 10.5 Å². The van der Waals surface area contributed by atoms with E-state index < -0.39 is 11.8 Å². The molecule has 1 aromatic carbocycles. The Labute approximate surface area is 181 Å². The van der Waals surface area contributed by atoms with Crippen LogP contribution in [-0.2, 0) is 0 Å². The standard InChI is InChI=1S/C22H17N5O5/c1-30-14-8-12(9-15(31-2)19(14)32-3)27-21(28)13-10-24-20-17(16(13)22(27)29)18(25-26-20)11-4-6-23-7-5-11/h4-10H,1-3H3,(H,24,25,26). The first kappa shape index (κ1) is 19.5. The smallest absolute Gasteiger partial charge is 0.267 e. The normalized spacial score (nSPS) is 12.9. The first-order valence-corrected chi connectivity index (χ1v) is 9.55. The van der Waals surface area contributed by atoms with Crippen molar-refractivity contribution in [2.24, 2.45) is 0 Å². The molecule has 1 aliphatic heterocycles. The number of carbonyl (C=O) groups is 2. The van der Waals surface area contributed by atoms with Gasteiger partial charge in [-0.15, -0.1) is 0 Å². The lowest BCUT2D eigenvalue weighted by Crippen LogP contribution is -2.29. The van der Waals surface area contributed by atoms with Crippen molar-refractivity contribution in [2.75, 3.05) is 26.2 Å². The van der Waals surface area contributed by atoms with Crippen molar-refractivity contribution in [3.8, 4) is 28.5 Å². The van der Waals surface area contributed by atoms with Crippen molar-refractivity contribution < 1.29 is 23.8 Å². The second-order valence-corrected chi connectivity index (χ2v) is 6.91. The molecule has 10 nitrogen and oxygen atoms in total. The lowest BCUT2D eigenvalue weighted by atomic mass is 10.0. The average molecular weight is 431 g/mol. The van der Waals surface area contributed by atoms with Gasteiger partial charge in [-0.05, 0) is 12.1 Å². The topological polar surface area (TPSA) is 120 Å². The number of benzene rings is 1. The number of imide groups is 1. The van der Waals surface area contributed by atoms with Crippen LogP contribution >= 0.6 is 0 Å². The first-order chi connectivity index (χ1) is 15.6. The maximum absolute atomic E-state index is 13.6. The lowest BCUT2D eigenvalue weighted by Gasteiger charge is -2.18. The van der Waals surface area contributed by atoms with E-state index in [1.54, 1.807) is 36.7 Å². The zero-order valence-corrected chi connectivity index (χ0v) is 17.4. The number of rotatable bonds is 5. The minimum Gasteiger partial charge on any atom is -0.493 e. The van der Waals surface area contributed by atoms with Crippen LogP contribution in [-0.4, -0.2) is 53.3 Å². The fourth-order valence-electron chi connectivity index (χ4n) is 3.85. The van der Waals surface area contributed by atoms with E-state index in [-0.39, 0.29) is 16.8 Å². The van der Waals surface area contributed by atoms with Crippen LogP contribution in [0.4, 0.5) is 5.69 Å². The maximum Gasteiger partial charge on any atom is 0.267 e. The maximum atomic E-state index is 13.6. The number of aromatic amines is 1. The molecule has 0 spiro atoms. The molecule has 0 radical (unpaired) electrons. The summed E-state index contributed by atoms with van der Waals surface area (Å²) in [5.41, 5.74) is 2.39. The van der Waals surface area contributed by atoms with E-state index in [0.29, 0.717) is 34.0 Å². The van der Waals surface area contributed by atoms with Crippen LogP contribution in [0.5, 0.6) is 17.2 Å². The third kappa shape index (κ3) is 2.69. The Kier molecular flexibility index (Phi) is 4.47. The van der Waals surface area contributed by atoms with Crippen LogP contribution in [0.2, 0.25) is 0 Å². The second-order valence-electron chi connectivity index (χ2n) is 6.91. The molecule has 160 valence electrons. The highest BCUT2D eigenvalue weighted by Gasteiger charge is 2.40. The number of methoxy groups -OCH3 is 3. The van der Waals surface area contributed by atoms with E-state index in [1.807, 2.05) is 0 Å². The summed E-state index contributed by atoms with van der Waals surface area (Å²) in [6.07, 6.45) is 4.63. The number of nitrogens with zero attached hydrogens (tertiary/aromatic N) is 4. The number of pyridine rings is 2. The van der Waals surface area contributed by atoms with Crippen LogP contribution in [0.25, 0.3) is 22.3 Å². The molecule has 1 N–H and O–H groups in total. The molecule has 0 aliphatic carbocycles. The number of hydrogen-bond donors (Lipinski definition) is 1. The van der Waals surface area contributed by atoms with E-state index in [1.165, 1.54) is 27.5 Å². The number of carbonyl (C=O) groups excluding carboxylic acids is 2. The van der Waals surface area contributed by atoms with Gasteiger partial charge in [-0.3, -0.25) is 19.7 Å². The summed E-state index contributed by atoms with van der Waals surface area (Å²) in [4.78, 5) is 36.2. The quantitative estimate of drug-likeness (QED) is 0.479. The van der Waals surface area contributed by atoms with Crippen LogP contribution in [0, 0.1) is 0 Å². The summed E-state index contributed by atoms with van der Waals surface area (Å²) in [5.74, 6) is -0.00178. The number of anilines is 1. The Balaban J connectivity index is 1.70. The Hall–Kier alpha value is -4.47. The minimum atomic E-state index is -0.504. The summed E-state index contributed by atoms with van der Waals surface area (Å²) in [5, 5.41) is 7.61. The minimum absolute atomic E-state index is 0.188. The zero-order valence-electron chi connectivity index (χ0n) is 17.4. The van der Waals surface area contributed by atoms with Gasteiger partial charge in [0, 0.05) is 36.3 Å². The number of ether oxygens (including phenoxy) is 3. The molecule has 3 aromatic heterocycles. The monoisotopic (exact) mass is 431 g/mol. The van der Waals surface area contributed by atoms with Crippen molar-refractivity contribution in [1.82, 2.24) is 20.2 Å². The van der Waals surface area contributed by atoms with Crippen molar-refractivity contribution in [3.05, 3.63) is 54.0 Å². The zero-order chi connectivity index (χ0) is 22.4. The number of aromatic nitrogens is 4. The number of fused-ring (bicyclic) bond motifs is 3. The van der Waals surface area contributed by atoms with Crippen LogP contribution in [0.1, 0.15) is 20.7 Å². The molecule has 2 amide bonds. The fraction of sp³-hybridized carbons (Fsp3) is 0.136. The van der Waals surface area contributed by atoms with Crippen molar-refractivity contribution in [2.45, 2.75) is 0 Å². The molecule has 4 aromatic rings. The van der Waals surface area contributed by atoms with Gasteiger partial charge in [0.2, 0.25) is 5.75 Å². The van der Waals surface area contributed by atoms with Crippen molar-refractivity contribution in [3.63, 3.8) is 0 Å². The van der Waals surface area contributed by atoms with E-state index >= 15 is 0 Å². The molecule has 0 unspecified atom stereocenters. The Bertz CT molecular complexity index is 1360. The van der Waals surface area contributed by atoms with Gasteiger partial charge in [-0.2, -0.15) is 5.10 Å². The molecule has 4 heterocycles. The summed E-state index contributed by atoms with van der Waals surface area (Å²) >= 11 is 0. The van der Waals surface area contributed by atoms with Gasteiger partial charge >= 0.3 is 0 Å².